The summed E-state index contributed by atoms with van der Waals surface area (Å²) in [5, 5.41) is 11.5. The fraction of sp³-hybridized carbons (Fsp3) is 0.270. The molecule has 1 aliphatic rings. The van der Waals surface area contributed by atoms with Gasteiger partial charge in [-0.05, 0) is 47.8 Å². The Balaban J connectivity index is 1.93. The van der Waals surface area contributed by atoms with Crippen molar-refractivity contribution in [2.75, 3.05) is 21.3 Å². The monoisotopic (exact) mass is 637 g/mol. The van der Waals surface area contributed by atoms with Crippen molar-refractivity contribution in [1.29, 1.82) is 0 Å². The molecule has 0 amide bonds. The molecule has 4 aromatic rings. The zero-order valence-electron chi connectivity index (χ0n) is 26.6. The Morgan fingerprint density at radius 3 is 1.98 bits per heavy atom. The van der Waals surface area contributed by atoms with Crippen LogP contribution >= 0.6 is 0 Å². The highest BCUT2D eigenvalue weighted by molar-refractivity contribution is 6.06. The molecule has 242 valence electrons. The number of non-ortho nitro benzene ring substituents is 1. The van der Waals surface area contributed by atoms with E-state index in [2.05, 4.69) is 0 Å². The minimum Gasteiger partial charge on any atom is -0.468 e. The van der Waals surface area contributed by atoms with Crippen LogP contribution in [0.5, 0.6) is 0 Å². The molecule has 0 radical (unpaired) electrons. The molecule has 0 saturated heterocycles. The number of nitro benzene ring substituents is 1. The minimum atomic E-state index is -1.81. The third-order valence-corrected chi connectivity index (χ3v) is 8.57. The lowest BCUT2D eigenvalue weighted by molar-refractivity contribution is -0.384. The predicted octanol–water partition coefficient (Wildman–Crippen LogP) is 7.15. The second-order valence-electron chi connectivity index (χ2n) is 11.4. The first kappa shape index (κ1) is 33.0. The lowest BCUT2D eigenvalue weighted by Gasteiger charge is -2.34. The van der Waals surface area contributed by atoms with Crippen LogP contribution in [0.15, 0.2) is 89.3 Å². The minimum absolute atomic E-state index is 0.0790. The summed E-state index contributed by atoms with van der Waals surface area (Å²) in [6, 6.07) is 25.0. The number of ether oxygens (including phenoxy) is 3. The number of nitro groups is 1. The van der Waals surface area contributed by atoms with Crippen LogP contribution in [0.1, 0.15) is 60.3 Å². The molecule has 0 aliphatic heterocycles. The zero-order chi connectivity index (χ0) is 33.7. The number of rotatable bonds is 11. The number of carbonyl (C=O) groups is 3. The number of esters is 2. The van der Waals surface area contributed by atoms with Crippen molar-refractivity contribution in [3.63, 3.8) is 0 Å². The number of Topliss-reactive ketones (excluding diaryl/α,β-unsaturated/α-hetero) is 1. The zero-order valence-corrected chi connectivity index (χ0v) is 26.6. The summed E-state index contributed by atoms with van der Waals surface area (Å²) in [5.41, 5.74) is 2.75. The van der Waals surface area contributed by atoms with Crippen LogP contribution in [-0.2, 0) is 35.0 Å². The first-order valence-corrected chi connectivity index (χ1v) is 15.1. The first-order valence-electron chi connectivity index (χ1n) is 15.1. The van der Waals surface area contributed by atoms with Crippen LogP contribution in [-0.4, -0.2) is 44.0 Å². The Kier molecular flexibility index (Phi) is 9.81. The first-order chi connectivity index (χ1) is 22.6. The van der Waals surface area contributed by atoms with Crippen molar-refractivity contribution in [1.82, 2.24) is 0 Å². The molecule has 5 rings (SSSR count). The molecule has 1 aromatic heterocycles. The topological polar surface area (TPSA) is 135 Å². The van der Waals surface area contributed by atoms with Gasteiger partial charge in [-0.25, -0.2) is 0 Å². The van der Waals surface area contributed by atoms with Crippen molar-refractivity contribution in [3.05, 3.63) is 123 Å². The Hall–Kier alpha value is -5.35. The summed E-state index contributed by atoms with van der Waals surface area (Å²) in [5.74, 6) is -0.842. The highest BCUT2D eigenvalue weighted by atomic mass is 16.6. The Morgan fingerprint density at radius 2 is 1.45 bits per heavy atom. The second-order valence-corrected chi connectivity index (χ2v) is 11.4. The van der Waals surface area contributed by atoms with E-state index in [1.807, 2.05) is 60.7 Å². The lowest BCUT2D eigenvalue weighted by Crippen LogP contribution is -2.45. The lowest BCUT2D eigenvalue weighted by atomic mass is 9.68. The quantitative estimate of drug-likeness (QED) is 0.0727. The van der Waals surface area contributed by atoms with Crippen LogP contribution in [0.4, 0.5) is 5.69 Å². The van der Waals surface area contributed by atoms with E-state index in [0.29, 0.717) is 39.4 Å². The average molecular weight is 638 g/mol. The summed E-state index contributed by atoms with van der Waals surface area (Å²) in [6.45, 7) is 1.48. The van der Waals surface area contributed by atoms with Gasteiger partial charge in [0.25, 0.3) is 5.69 Å². The van der Waals surface area contributed by atoms with Crippen molar-refractivity contribution < 1.29 is 37.9 Å². The highest BCUT2D eigenvalue weighted by Crippen LogP contribution is 2.53. The molecular formula is C37H35NO9. The number of carbonyl (C=O) groups excluding carboxylic acids is 3. The number of methoxy groups -OCH3 is 3. The largest absolute Gasteiger partial charge is 0.468 e. The van der Waals surface area contributed by atoms with E-state index in [-0.39, 0.29) is 37.2 Å². The van der Waals surface area contributed by atoms with Gasteiger partial charge in [-0.2, -0.15) is 0 Å². The number of fused-ring (bicyclic) bond motifs is 1. The Morgan fingerprint density at radius 1 is 0.851 bits per heavy atom. The molecule has 0 fully saturated rings. The maximum absolute atomic E-state index is 13.6. The Labute approximate surface area is 272 Å². The van der Waals surface area contributed by atoms with Gasteiger partial charge in [0.2, 0.25) is 0 Å². The summed E-state index contributed by atoms with van der Waals surface area (Å²) in [6.07, 6.45) is -0.580. The van der Waals surface area contributed by atoms with Crippen LogP contribution in [0.25, 0.3) is 22.5 Å². The standard InChI is InChI=1S/C37H35NO9/c1-23(39)15-20-28(24-16-18-27(19-17-24)38(42)43)29-21-37(35(40)45-3,36(41)46-4)22-30-31(29)32(33(44-2)25-11-7-5-8-12-25)34(47-30)26-13-9-6-10-14-26/h5-14,16-19,33H,15,20-22H2,1-4H3/b29-28+/t33-/m0/s1. The van der Waals surface area contributed by atoms with Gasteiger partial charge in [0.15, 0.2) is 5.41 Å². The van der Waals surface area contributed by atoms with Gasteiger partial charge in [-0.3, -0.25) is 19.7 Å². The fourth-order valence-corrected chi connectivity index (χ4v) is 6.35. The SMILES string of the molecule is COC(=O)C1(C(=O)OC)C/C(=C(/CCC(C)=O)c2ccc([N+](=O)[O-])cc2)c2c(oc(-c3ccccc3)c2[C@@H](OC)c2ccccc2)C1. The van der Waals surface area contributed by atoms with Gasteiger partial charge in [-0.1, -0.05) is 60.7 Å². The second kappa shape index (κ2) is 14.0. The predicted molar refractivity (Wildman–Crippen MR) is 174 cm³/mol. The van der Waals surface area contributed by atoms with Gasteiger partial charge >= 0.3 is 11.9 Å². The number of allylic oxidation sites excluding steroid dienone is 2. The van der Waals surface area contributed by atoms with E-state index in [1.54, 1.807) is 19.2 Å². The molecular weight excluding hydrogens is 602 g/mol. The number of nitrogens with zero attached hydrogens (tertiary/aromatic N) is 1. The Bertz CT molecular complexity index is 1810. The summed E-state index contributed by atoms with van der Waals surface area (Å²) in [7, 11) is 4.01. The molecule has 10 nitrogen and oxygen atoms in total. The average Bonchev–Trinajstić information content (AvgIpc) is 3.47. The number of hydrogen-bond acceptors (Lipinski definition) is 9. The summed E-state index contributed by atoms with van der Waals surface area (Å²) in [4.78, 5) is 50.6. The molecule has 0 unspecified atom stereocenters. The maximum Gasteiger partial charge on any atom is 0.324 e. The van der Waals surface area contributed by atoms with Gasteiger partial charge < -0.3 is 23.4 Å². The van der Waals surface area contributed by atoms with E-state index in [0.717, 1.165) is 11.1 Å². The number of hydrogen-bond donors (Lipinski definition) is 0. The number of ketones is 1. The number of furan rings is 1. The molecule has 0 bridgehead atoms. The molecule has 3 aromatic carbocycles. The van der Waals surface area contributed by atoms with Gasteiger partial charge in [0, 0.05) is 55.2 Å². The van der Waals surface area contributed by atoms with Gasteiger partial charge in [0.05, 0.1) is 19.1 Å². The van der Waals surface area contributed by atoms with E-state index >= 15 is 0 Å². The molecule has 1 heterocycles. The summed E-state index contributed by atoms with van der Waals surface area (Å²) >= 11 is 0. The molecule has 0 spiro atoms. The third-order valence-electron chi connectivity index (χ3n) is 8.57. The highest BCUT2D eigenvalue weighted by Gasteiger charge is 2.54. The number of benzene rings is 3. The van der Waals surface area contributed by atoms with Crippen LogP contribution in [0, 0.1) is 15.5 Å². The summed E-state index contributed by atoms with van der Waals surface area (Å²) < 4.78 is 23.3. The molecule has 0 N–H and O–H groups in total. The fourth-order valence-electron chi connectivity index (χ4n) is 6.35. The molecule has 10 heteroatoms. The van der Waals surface area contributed by atoms with Gasteiger partial charge in [-0.15, -0.1) is 0 Å². The van der Waals surface area contributed by atoms with Crippen molar-refractivity contribution in [2.24, 2.45) is 5.41 Å². The molecule has 0 saturated carbocycles. The smallest absolute Gasteiger partial charge is 0.324 e. The normalized spacial score (nSPS) is 15.2. The van der Waals surface area contributed by atoms with E-state index < -0.39 is 28.4 Å². The van der Waals surface area contributed by atoms with Crippen molar-refractivity contribution in [3.8, 4) is 11.3 Å². The van der Waals surface area contributed by atoms with Gasteiger partial charge in [0.1, 0.15) is 23.4 Å². The van der Waals surface area contributed by atoms with E-state index in [9.17, 15) is 24.5 Å². The van der Waals surface area contributed by atoms with Crippen molar-refractivity contribution in [2.45, 2.75) is 38.7 Å². The van der Waals surface area contributed by atoms with Crippen LogP contribution in [0.3, 0.4) is 0 Å². The van der Waals surface area contributed by atoms with E-state index in [1.165, 1.54) is 33.3 Å². The third kappa shape index (κ3) is 6.37. The van der Waals surface area contributed by atoms with Crippen LogP contribution in [0.2, 0.25) is 0 Å². The maximum atomic E-state index is 13.6. The van der Waals surface area contributed by atoms with E-state index in [4.69, 9.17) is 18.6 Å². The molecule has 47 heavy (non-hydrogen) atoms. The van der Waals surface area contributed by atoms with Crippen molar-refractivity contribution >= 4 is 34.6 Å². The van der Waals surface area contributed by atoms with Crippen LogP contribution < -0.4 is 0 Å². The molecule has 1 aliphatic carbocycles. The molecule has 1 atom stereocenters.